The van der Waals surface area contributed by atoms with Crippen LogP contribution in [0.4, 0.5) is 11.4 Å². The quantitative estimate of drug-likeness (QED) is 0.540. The molecule has 2 aliphatic rings. The number of hydrogen-bond acceptors (Lipinski definition) is 6. The van der Waals surface area contributed by atoms with Crippen molar-refractivity contribution < 1.29 is 18.4 Å². The molecule has 0 saturated carbocycles. The number of sulfonamides is 1. The molecule has 0 bridgehead atoms. The minimum Gasteiger partial charge on any atom is -0.388 e. The number of rotatable bonds is 6. The third kappa shape index (κ3) is 4.44. The number of nitro benzene ring substituents is 1. The molecule has 8 nitrogen and oxygen atoms in total. The number of nitro groups is 1. The normalized spacial score (nSPS) is 19.5. The van der Waals surface area contributed by atoms with Crippen molar-refractivity contribution in [2.45, 2.75) is 36.7 Å². The molecule has 0 spiro atoms. The highest BCUT2D eigenvalue weighted by molar-refractivity contribution is 7.89. The highest BCUT2D eigenvalue weighted by Gasteiger charge is 2.32. The molecule has 166 valence electrons. The second-order valence-electron chi connectivity index (χ2n) is 8.20. The number of aliphatic hydroxyl groups excluding tert-OH is 1. The number of piperidine rings is 1. The summed E-state index contributed by atoms with van der Waals surface area (Å²) in [6.45, 7) is 2.03. The first kappa shape index (κ1) is 21.7. The van der Waals surface area contributed by atoms with Crippen molar-refractivity contribution in [2.75, 3.05) is 31.1 Å². The summed E-state index contributed by atoms with van der Waals surface area (Å²) in [7, 11) is -3.72. The molecule has 1 N–H and O–H groups in total. The van der Waals surface area contributed by atoms with E-state index >= 15 is 0 Å². The van der Waals surface area contributed by atoms with E-state index in [0.717, 1.165) is 18.4 Å². The lowest BCUT2D eigenvalue weighted by Crippen LogP contribution is -2.36. The maximum Gasteiger partial charge on any atom is 0.293 e. The van der Waals surface area contributed by atoms with E-state index in [2.05, 4.69) is 0 Å². The number of benzene rings is 2. The summed E-state index contributed by atoms with van der Waals surface area (Å²) in [4.78, 5) is 13.1. The molecule has 9 heteroatoms. The maximum absolute atomic E-state index is 12.8. The lowest BCUT2D eigenvalue weighted by atomic mass is 9.87. The molecule has 0 radical (unpaired) electrons. The minimum atomic E-state index is -3.72. The third-order valence-electron chi connectivity index (χ3n) is 6.31. The largest absolute Gasteiger partial charge is 0.388 e. The molecule has 2 heterocycles. The van der Waals surface area contributed by atoms with Gasteiger partial charge in [-0.15, -0.1) is 0 Å². The van der Waals surface area contributed by atoms with Crippen LogP contribution >= 0.6 is 0 Å². The SMILES string of the molecule is O=[N+]([O-])c1cc(S(=O)(=O)N2CCCC2)ccc1N1CCC(C(O)c2ccccc2)CC1. The molecule has 2 saturated heterocycles. The van der Waals surface area contributed by atoms with Crippen molar-refractivity contribution in [1.29, 1.82) is 0 Å². The van der Waals surface area contributed by atoms with Crippen LogP contribution < -0.4 is 4.90 Å². The Balaban J connectivity index is 1.51. The predicted molar refractivity (Wildman–Crippen MR) is 117 cm³/mol. The van der Waals surface area contributed by atoms with Crippen LogP contribution in [-0.2, 0) is 10.0 Å². The van der Waals surface area contributed by atoms with E-state index in [0.29, 0.717) is 44.7 Å². The summed E-state index contributed by atoms with van der Waals surface area (Å²) >= 11 is 0. The van der Waals surface area contributed by atoms with Crippen molar-refractivity contribution in [3.05, 3.63) is 64.2 Å². The van der Waals surface area contributed by atoms with Crippen molar-refractivity contribution in [1.82, 2.24) is 4.31 Å². The van der Waals surface area contributed by atoms with Crippen molar-refractivity contribution in [2.24, 2.45) is 5.92 Å². The Hall–Kier alpha value is -2.49. The molecule has 2 aliphatic heterocycles. The maximum atomic E-state index is 12.8. The van der Waals surface area contributed by atoms with Crippen LogP contribution in [-0.4, -0.2) is 48.9 Å². The third-order valence-corrected chi connectivity index (χ3v) is 8.21. The molecule has 0 aliphatic carbocycles. The van der Waals surface area contributed by atoms with Crippen LogP contribution in [0.3, 0.4) is 0 Å². The fourth-order valence-corrected chi connectivity index (χ4v) is 6.07. The van der Waals surface area contributed by atoms with E-state index in [4.69, 9.17) is 0 Å². The van der Waals surface area contributed by atoms with Gasteiger partial charge in [0.1, 0.15) is 5.69 Å². The Morgan fingerprint density at radius 3 is 2.26 bits per heavy atom. The lowest BCUT2D eigenvalue weighted by molar-refractivity contribution is -0.384. The minimum absolute atomic E-state index is 0.0285. The van der Waals surface area contributed by atoms with E-state index in [1.165, 1.54) is 16.4 Å². The van der Waals surface area contributed by atoms with Gasteiger partial charge in [0.05, 0.1) is 15.9 Å². The van der Waals surface area contributed by atoms with Crippen LogP contribution in [0.25, 0.3) is 0 Å². The average Bonchev–Trinajstić information content (AvgIpc) is 3.35. The molecule has 2 aromatic carbocycles. The summed E-state index contributed by atoms with van der Waals surface area (Å²) in [6, 6.07) is 13.7. The summed E-state index contributed by atoms with van der Waals surface area (Å²) in [5.41, 5.74) is 1.11. The smallest absolute Gasteiger partial charge is 0.293 e. The average molecular weight is 446 g/mol. The Kier molecular flexibility index (Phi) is 6.27. The number of nitrogens with zero attached hydrogens (tertiary/aromatic N) is 3. The zero-order chi connectivity index (χ0) is 22.0. The molecule has 0 aromatic heterocycles. The first-order valence-corrected chi connectivity index (χ1v) is 12.1. The predicted octanol–water partition coefficient (Wildman–Crippen LogP) is 3.33. The molecular formula is C22H27N3O5S. The van der Waals surface area contributed by atoms with Crippen LogP contribution in [0.15, 0.2) is 53.4 Å². The van der Waals surface area contributed by atoms with Gasteiger partial charge >= 0.3 is 0 Å². The van der Waals surface area contributed by atoms with Gasteiger partial charge in [-0.3, -0.25) is 10.1 Å². The molecular weight excluding hydrogens is 418 g/mol. The second-order valence-corrected chi connectivity index (χ2v) is 10.1. The zero-order valence-electron chi connectivity index (χ0n) is 17.3. The van der Waals surface area contributed by atoms with Gasteiger partial charge in [0.25, 0.3) is 5.69 Å². The summed E-state index contributed by atoms with van der Waals surface area (Å²) in [6.07, 6.45) is 2.44. The lowest BCUT2D eigenvalue weighted by Gasteiger charge is -2.35. The van der Waals surface area contributed by atoms with Crippen molar-refractivity contribution in [3.63, 3.8) is 0 Å². The van der Waals surface area contributed by atoms with E-state index in [9.17, 15) is 23.6 Å². The fourth-order valence-electron chi connectivity index (χ4n) is 4.53. The van der Waals surface area contributed by atoms with Crippen molar-refractivity contribution in [3.8, 4) is 0 Å². The fraction of sp³-hybridized carbons (Fsp3) is 0.455. The van der Waals surface area contributed by atoms with Crippen LogP contribution in [0.2, 0.25) is 0 Å². The van der Waals surface area contributed by atoms with Crippen LogP contribution in [0.1, 0.15) is 37.4 Å². The number of aliphatic hydroxyl groups is 1. The first-order valence-electron chi connectivity index (χ1n) is 10.6. The summed E-state index contributed by atoms with van der Waals surface area (Å²) in [5, 5.41) is 22.4. The highest BCUT2D eigenvalue weighted by atomic mass is 32.2. The van der Waals surface area contributed by atoms with Gasteiger partial charge in [-0.05, 0) is 49.3 Å². The van der Waals surface area contributed by atoms with Gasteiger partial charge < -0.3 is 10.0 Å². The Morgan fingerprint density at radius 1 is 1.00 bits per heavy atom. The van der Waals surface area contributed by atoms with Crippen molar-refractivity contribution >= 4 is 21.4 Å². The topological polar surface area (TPSA) is 104 Å². The molecule has 31 heavy (non-hydrogen) atoms. The number of anilines is 1. The second kappa shape index (κ2) is 8.94. The molecule has 2 aromatic rings. The standard InChI is InChI=1S/C22H27N3O5S/c26-22(17-6-2-1-3-7-17)18-10-14-23(15-11-18)20-9-8-19(16-21(20)25(27)28)31(29,30)24-12-4-5-13-24/h1-3,6-9,16,18,22,26H,4-5,10-15H2. The summed E-state index contributed by atoms with van der Waals surface area (Å²) < 4.78 is 27.0. The van der Waals surface area contributed by atoms with Crippen LogP contribution in [0, 0.1) is 16.0 Å². The Bertz CT molecular complexity index is 1030. The van der Waals surface area contributed by atoms with Gasteiger partial charge in [-0.1, -0.05) is 30.3 Å². The molecule has 1 unspecified atom stereocenters. The molecule has 4 rings (SSSR count). The monoisotopic (exact) mass is 445 g/mol. The van der Waals surface area contributed by atoms with Gasteiger partial charge in [0.2, 0.25) is 10.0 Å². The highest BCUT2D eigenvalue weighted by Crippen LogP contribution is 2.37. The van der Waals surface area contributed by atoms with Gasteiger partial charge in [0.15, 0.2) is 0 Å². The van der Waals surface area contributed by atoms with Gasteiger partial charge in [-0.25, -0.2) is 8.42 Å². The summed E-state index contributed by atoms with van der Waals surface area (Å²) in [5.74, 6) is 0.0764. The Morgan fingerprint density at radius 2 is 1.65 bits per heavy atom. The Labute approximate surface area is 182 Å². The van der Waals surface area contributed by atoms with Gasteiger partial charge in [-0.2, -0.15) is 4.31 Å². The molecule has 0 amide bonds. The van der Waals surface area contributed by atoms with E-state index in [1.807, 2.05) is 35.2 Å². The molecule has 2 fully saturated rings. The van der Waals surface area contributed by atoms with Gasteiger partial charge in [0, 0.05) is 32.2 Å². The number of hydrogen-bond donors (Lipinski definition) is 1. The zero-order valence-corrected chi connectivity index (χ0v) is 18.1. The molecule has 1 atom stereocenters. The van der Waals surface area contributed by atoms with E-state index < -0.39 is 21.1 Å². The van der Waals surface area contributed by atoms with Crippen LogP contribution in [0.5, 0.6) is 0 Å². The first-order chi connectivity index (χ1) is 14.9. The van der Waals surface area contributed by atoms with E-state index in [-0.39, 0.29) is 16.5 Å². The van der Waals surface area contributed by atoms with E-state index in [1.54, 1.807) is 6.07 Å².